The van der Waals surface area contributed by atoms with Gasteiger partial charge in [0.25, 0.3) is 0 Å². The molecular formula is C26H34N4O3. The molecule has 1 fully saturated rings. The summed E-state index contributed by atoms with van der Waals surface area (Å²) in [5, 5.41) is 16.3. The fourth-order valence-electron chi connectivity index (χ4n) is 4.84. The standard InChI is InChI=1S/C26H34N4O3/c1-26(13-17-30(18-14-26)22(24(31)32)19-7-3-2-4-8-19)25(33)28-16-6-10-21-12-11-20-9-5-15-27-23(20)29-21/h2-4,7-8,11-12,22H,5-6,9-10,13-18H2,1H3,(H,27,29)(H,28,33)(H,31,32). The summed E-state index contributed by atoms with van der Waals surface area (Å²) in [6.07, 6.45) is 5.20. The number of rotatable bonds is 8. The van der Waals surface area contributed by atoms with Crippen molar-refractivity contribution in [2.45, 2.75) is 51.5 Å². The summed E-state index contributed by atoms with van der Waals surface area (Å²) < 4.78 is 0. The van der Waals surface area contributed by atoms with Crippen molar-refractivity contribution in [2.24, 2.45) is 5.41 Å². The van der Waals surface area contributed by atoms with Crippen molar-refractivity contribution in [1.82, 2.24) is 15.2 Å². The first-order valence-corrected chi connectivity index (χ1v) is 12.0. The lowest BCUT2D eigenvalue weighted by molar-refractivity contribution is -0.145. The van der Waals surface area contributed by atoms with Gasteiger partial charge in [0.1, 0.15) is 11.9 Å². The molecule has 1 unspecified atom stereocenters. The number of aromatic nitrogens is 1. The highest BCUT2D eigenvalue weighted by atomic mass is 16.4. The summed E-state index contributed by atoms with van der Waals surface area (Å²) in [7, 11) is 0. The first kappa shape index (κ1) is 23.2. The van der Waals surface area contributed by atoms with Crippen molar-refractivity contribution >= 4 is 17.7 Å². The number of pyridine rings is 1. The maximum Gasteiger partial charge on any atom is 0.325 e. The van der Waals surface area contributed by atoms with E-state index in [0.29, 0.717) is 32.5 Å². The predicted molar refractivity (Wildman–Crippen MR) is 128 cm³/mol. The van der Waals surface area contributed by atoms with Gasteiger partial charge in [0, 0.05) is 37.3 Å². The van der Waals surface area contributed by atoms with Gasteiger partial charge in [-0.05, 0) is 55.7 Å². The smallest absolute Gasteiger partial charge is 0.325 e. The number of carboxylic acid groups (broad SMARTS) is 1. The molecule has 0 aliphatic carbocycles. The number of carboxylic acids is 1. The van der Waals surface area contributed by atoms with Gasteiger partial charge in [0.05, 0.1) is 0 Å². The van der Waals surface area contributed by atoms with Crippen LogP contribution in [0.2, 0.25) is 0 Å². The molecule has 0 saturated carbocycles. The average molecular weight is 451 g/mol. The van der Waals surface area contributed by atoms with Crippen molar-refractivity contribution in [3.8, 4) is 0 Å². The summed E-state index contributed by atoms with van der Waals surface area (Å²) in [5.74, 6) is 0.228. The maximum atomic E-state index is 12.9. The minimum Gasteiger partial charge on any atom is -0.480 e. The lowest BCUT2D eigenvalue weighted by Crippen LogP contribution is -2.49. The number of nitrogens with zero attached hydrogens (tertiary/aromatic N) is 2. The van der Waals surface area contributed by atoms with Gasteiger partial charge in [-0.1, -0.05) is 43.3 Å². The third-order valence-electron chi connectivity index (χ3n) is 7.01. The van der Waals surface area contributed by atoms with Crippen LogP contribution in [0.5, 0.6) is 0 Å². The van der Waals surface area contributed by atoms with E-state index in [1.165, 1.54) is 5.56 Å². The molecule has 0 bridgehead atoms. The van der Waals surface area contributed by atoms with E-state index >= 15 is 0 Å². The number of amides is 1. The maximum absolute atomic E-state index is 12.9. The SMILES string of the molecule is CC1(C(=O)NCCCc2ccc3c(n2)NCCC3)CCN(C(C(=O)O)c2ccccc2)CC1. The third-order valence-corrected chi connectivity index (χ3v) is 7.01. The van der Waals surface area contributed by atoms with E-state index in [1.54, 1.807) is 0 Å². The monoisotopic (exact) mass is 450 g/mol. The molecule has 3 heterocycles. The molecule has 7 nitrogen and oxygen atoms in total. The first-order valence-electron chi connectivity index (χ1n) is 12.0. The zero-order chi connectivity index (χ0) is 23.3. The van der Waals surface area contributed by atoms with Crippen LogP contribution in [0.3, 0.4) is 0 Å². The number of benzene rings is 1. The molecule has 2 aliphatic heterocycles. The Balaban J connectivity index is 1.25. The highest BCUT2D eigenvalue weighted by Gasteiger charge is 2.40. The molecule has 1 saturated heterocycles. The van der Waals surface area contributed by atoms with E-state index in [4.69, 9.17) is 4.98 Å². The highest BCUT2D eigenvalue weighted by molar-refractivity contribution is 5.82. The molecule has 4 rings (SSSR count). The molecule has 2 aliphatic rings. The molecule has 33 heavy (non-hydrogen) atoms. The van der Waals surface area contributed by atoms with E-state index in [0.717, 1.165) is 49.3 Å². The van der Waals surface area contributed by atoms with Crippen LogP contribution < -0.4 is 10.6 Å². The number of anilines is 1. The van der Waals surface area contributed by atoms with E-state index in [9.17, 15) is 14.7 Å². The van der Waals surface area contributed by atoms with E-state index in [-0.39, 0.29) is 5.91 Å². The number of carbonyl (C=O) groups excluding carboxylic acids is 1. The zero-order valence-corrected chi connectivity index (χ0v) is 19.3. The van der Waals surface area contributed by atoms with E-state index in [1.807, 2.05) is 42.2 Å². The van der Waals surface area contributed by atoms with Gasteiger partial charge in [-0.25, -0.2) is 4.98 Å². The van der Waals surface area contributed by atoms with E-state index < -0.39 is 17.4 Å². The van der Waals surface area contributed by atoms with Crippen molar-refractivity contribution in [3.05, 3.63) is 59.3 Å². The molecule has 1 amide bonds. The van der Waals surface area contributed by atoms with Crippen molar-refractivity contribution in [1.29, 1.82) is 0 Å². The Hall–Kier alpha value is -2.93. The topological polar surface area (TPSA) is 94.6 Å². The minimum atomic E-state index is -0.847. The fourth-order valence-corrected chi connectivity index (χ4v) is 4.84. The van der Waals surface area contributed by atoms with Crippen LogP contribution >= 0.6 is 0 Å². The number of likely N-dealkylation sites (tertiary alicyclic amines) is 1. The number of hydrogen-bond acceptors (Lipinski definition) is 5. The summed E-state index contributed by atoms with van der Waals surface area (Å²) in [5.41, 5.74) is 2.65. The van der Waals surface area contributed by atoms with Gasteiger partial charge in [0.2, 0.25) is 5.91 Å². The number of nitrogens with one attached hydrogen (secondary N) is 2. The predicted octanol–water partition coefficient (Wildman–Crippen LogP) is 3.42. The van der Waals surface area contributed by atoms with Gasteiger partial charge >= 0.3 is 5.97 Å². The molecule has 176 valence electrons. The number of piperidine rings is 1. The number of aliphatic carboxylic acids is 1. The van der Waals surface area contributed by atoms with Gasteiger partial charge < -0.3 is 15.7 Å². The molecule has 7 heteroatoms. The second-order valence-corrected chi connectivity index (χ2v) is 9.45. The van der Waals surface area contributed by atoms with Gasteiger partial charge in [0.15, 0.2) is 0 Å². The Bertz CT molecular complexity index is 971. The van der Waals surface area contributed by atoms with Crippen LogP contribution in [-0.4, -0.2) is 53.0 Å². The number of aryl methyl sites for hydroxylation is 2. The molecule has 3 N–H and O–H groups in total. The largest absolute Gasteiger partial charge is 0.480 e. The second-order valence-electron chi connectivity index (χ2n) is 9.45. The van der Waals surface area contributed by atoms with Crippen molar-refractivity contribution < 1.29 is 14.7 Å². The Labute approximate surface area is 195 Å². The van der Waals surface area contributed by atoms with Crippen molar-refractivity contribution in [2.75, 3.05) is 31.5 Å². The third kappa shape index (κ3) is 5.53. The minimum absolute atomic E-state index is 0.0637. The van der Waals surface area contributed by atoms with Crippen LogP contribution in [0.25, 0.3) is 0 Å². The molecular weight excluding hydrogens is 416 g/mol. The normalized spacial score (nSPS) is 18.6. The van der Waals surface area contributed by atoms with Crippen molar-refractivity contribution in [3.63, 3.8) is 0 Å². The molecule has 0 spiro atoms. The van der Waals surface area contributed by atoms with Crippen LogP contribution in [0.15, 0.2) is 42.5 Å². The molecule has 2 aromatic rings. The Morgan fingerprint density at radius 3 is 2.67 bits per heavy atom. The molecule has 1 aromatic carbocycles. The van der Waals surface area contributed by atoms with E-state index in [2.05, 4.69) is 22.8 Å². The lowest BCUT2D eigenvalue weighted by Gasteiger charge is -2.40. The van der Waals surface area contributed by atoms with Crippen LogP contribution in [0.4, 0.5) is 5.82 Å². The first-order chi connectivity index (χ1) is 16.0. The average Bonchev–Trinajstić information content (AvgIpc) is 2.83. The summed E-state index contributed by atoms with van der Waals surface area (Å²) in [4.78, 5) is 31.6. The Morgan fingerprint density at radius 2 is 1.94 bits per heavy atom. The summed E-state index contributed by atoms with van der Waals surface area (Å²) >= 11 is 0. The van der Waals surface area contributed by atoms with Gasteiger partial charge in [-0.15, -0.1) is 0 Å². The quantitative estimate of drug-likeness (QED) is 0.534. The van der Waals surface area contributed by atoms with Gasteiger partial charge in [-0.2, -0.15) is 0 Å². The fraction of sp³-hybridized carbons (Fsp3) is 0.500. The van der Waals surface area contributed by atoms with Crippen LogP contribution in [0.1, 0.15) is 55.5 Å². The summed E-state index contributed by atoms with van der Waals surface area (Å²) in [6, 6.07) is 12.9. The molecule has 1 aromatic heterocycles. The second kappa shape index (κ2) is 10.3. The zero-order valence-electron chi connectivity index (χ0n) is 19.3. The van der Waals surface area contributed by atoms with Crippen LogP contribution in [-0.2, 0) is 22.4 Å². The summed E-state index contributed by atoms with van der Waals surface area (Å²) in [6.45, 7) is 4.76. The van der Waals surface area contributed by atoms with Crippen LogP contribution in [0, 0.1) is 5.41 Å². The number of carbonyl (C=O) groups is 2. The number of hydrogen-bond donors (Lipinski definition) is 3. The highest BCUT2D eigenvalue weighted by Crippen LogP contribution is 2.35. The Kier molecular flexibility index (Phi) is 7.28. The Morgan fingerprint density at radius 1 is 1.18 bits per heavy atom. The number of fused-ring (bicyclic) bond motifs is 1. The molecule has 0 radical (unpaired) electrons. The lowest BCUT2D eigenvalue weighted by atomic mass is 9.79. The van der Waals surface area contributed by atoms with Gasteiger partial charge in [-0.3, -0.25) is 14.5 Å². The molecule has 1 atom stereocenters.